The van der Waals surface area contributed by atoms with Crippen molar-refractivity contribution < 1.29 is 9.02 Å². The van der Waals surface area contributed by atoms with Gasteiger partial charge in [0.1, 0.15) is 11.5 Å². The minimum Gasteiger partial charge on any atom is -0.307 e. The Morgan fingerprint density at radius 3 is 2.40 bits per heavy atom. The van der Waals surface area contributed by atoms with Crippen LogP contribution < -0.4 is 11.3 Å². The second kappa shape index (κ2) is 6.75. The van der Waals surface area contributed by atoms with Crippen molar-refractivity contribution >= 4 is 29.5 Å². The number of hydrogen-bond acceptors (Lipinski definition) is 8. The zero-order chi connectivity index (χ0) is 16.5. The lowest BCUT2D eigenvalue weighted by atomic mass is 10.0. The summed E-state index contributed by atoms with van der Waals surface area (Å²) in [6, 6.07) is 9.59. The summed E-state index contributed by atoms with van der Waals surface area (Å²) in [4.78, 5) is 13.0. The van der Waals surface area contributed by atoms with Gasteiger partial charge in [-0.15, -0.1) is 12.4 Å². The molecule has 0 saturated heterocycles. The van der Waals surface area contributed by atoms with Gasteiger partial charge >= 0.3 is 0 Å². The van der Waals surface area contributed by atoms with E-state index >= 15 is 0 Å². The van der Waals surface area contributed by atoms with Gasteiger partial charge in [-0.3, -0.25) is 4.98 Å². The fraction of sp³-hybridized carbons (Fsp3) is 0. The summed E-state index contributed by atoms with van der Waals surface area (Å²) < 4.78 is 17.8. The van der Waals surface area contributed by atoms with Crippen molar-refractivity contribution in [3.8, 4) is 22.5 Å². The maximum atomic E-state index is 13.2. The van der Waals surface area contributed by atoms with E-state index in [2.05, 4.69) is 35.3 Å². The average Bonchev–Trinajstić information content (AvgIpc) is 3.08. The lowest BCUT2D eigenvalue weighted by molar-refractivity contribution is 0.314. The molecular weight excluding hydrogens is 349 g/mol. The number of halogens is 2. The third-order valence-electron chi connectivity index (χ3n) is 3.43. The predicted octanol–water partition coefficient (Wildman–Crippen LogP) is 2.59. The van der Waals surface area contributed by atoms with Gasteiger partial charge in [0.05, 0.1) is 5.69 Å². The molecule has 25 heavy (non-hydrogen) atoms. The van der Waals surface area contributed by atoms with Crippen molar-refractivity contribution in [2.75, 3.05) is 5.43 Å². The number of hydrazine groups is 1. The summed E-state index contributed by atoms with van der Waals surface area (Å²) in [5, 5.41) is 7.34. The summed E-state index contributed by atoms with van der Waals surface area (Å²) in [6.07, 6.45) is 1.64. The van der Waals surface area contributed by atoms with Gasteiger partial charge in [-0.05, 0) is 46.7 Å². The largest absolute Gasteiger partial charge is 0.307 e. The van der Waals surface area contributed by atoms with Crippen LogP contribution in [0.1, 0.15) is 0 Å². The zero-order valence-corrected chi connectivity index (χ0v) is 13.4. The van der Waals surface area contributed by atoms with Crippen LogP contribution in [0.3, 0.4) is 0 Å². The van der Waals surface area contributed by atoms with Gasteiger partial charge in [-0.1, -0.05) is 0 Å². The maximum absolute atomic E-state index is 13.2. The van der Waals surface area contributed by atoms with Gasteiger partial charge in [0, 0.05) is 17.3 Å². The third kappa shape index (κ3) is 2.97. The molecule has 3 heterocycles. The van der Waals surface area contributed by atoms with Crippen molar-refractivity contribution in [2.45, 2.75) is 0 Å². The van der Waals surface area contributed by atoms with Gasteiger partial charge in [0.25, 0.3) is 0 Å². The van der Waals surface area contributed by atoms with Gasteiger partial charge in [-0.25, -0.2) is 24.8 Å². The Bertz CT molecular complexity index is 1020. The molecule has 3 N–H and O–H groups in total. The monoisotopic (exact) mass is 359 g/mol. The van der Waals surface area contributed by atoms with Crippen molar-refractivity contribution in [1.82, 2.24) is 25.3 Å². The van der Waals surface area contributed by atoms with Crippen LogP contribution in [0.15, 0.2) is 47.2 Å². The summed E-state index contributed by atoms with van der Waals surface area (Å²) in [6.45, 7) is 0. The standard InChI is InChI=1S/C15H10FN7O.ClH/c16-9-5-3-8(4-6-9)11-10(2-1-7-18-11)12-13(21-17)20-15-14(19-12)22-24-23-15;/h1-7H,17H2,(H,20,21,23);1H. The van der Waals surface area contributed by atoms with Crippen molar-refractivity contribution in [3.63, 3.8) is 0 Å². The molecule has 0 amide bonds. The quantitative estimate of drug-likeness (QED) is 0.423. The highest BCUT2D eigenvalue weighted by Crippen LogP contribution is 2.33. The molecule has 0 aliphatic heterocycles. The predicted molar refractivity (Wildman–Crippen MR) is 91.1 cm³/mol. The van der Waals surface area contributed by atoms with Crippen molar-refractivity contribution in [3.05, 3.63) is 48.4 Å². The van der Waals surface area contributed by atoms with Crippen LogP contribution in [0.4, 0.5) is 10.2 Å². The molecule has 4 rings (SSSR count). The molecular formula is C15H11ClFN7O. The number of nitrogens with zero attached hydrogens (tertiary/aromatic N) is 5. The Labute approximate surface area is 146 Å². The molecule has 0 radical (unpaired) electrons. The van der Waals surface area contributed by atoms with Gasteiger partial charge in [0.2, 0.25) is 11.3 Å². The van der Waals surface area contributed by atoms with Crippen LogP contribution in [0.2, 0.25) is 0 Å². The normalized spacial score (nSPS) is 10.5. The van der Waals surface area contributed by atoms with Crippen molar-refractivity contribution in [1.29, 1.82) is 0 Å². The Hall–Kier alpha value is -3.17. The summed E-state index contributed by atoms with van der Waals surface area (Å²) >= 11 is 0. The summed E-state index contributed by atoms with van der Waals surface area (Å²) in [5.41, 5.74) is 5.42. The number of nitrogens with two attached hydrogens (primary N) is 1. The molecule has 4 aromatic rings. The second-order valence-electron chi connectivity index (χ2n) is 4.88. The summed E-state index contributed by atoms with van der Waals surface area (Å²) in [7, 11) is 0. The highest BCUT2D eigenvalue weighted by Gasteiger charge is 2.17. The van der Waals surface area contributed by atoms with Gasteiger partial charge < -0.3 is 5.43 Å². The number of nitrogen functional groups attached to an aromatic ring is 1. The van der Waals surface area contributed by atoms with Gasteiger partial charge in [0.15, 0.2) is 5.82 Å². The minimum atomic E-state index is -0.324. The first kappa shape index (κ1) is 16.7. The highest BCUT2D eigenvalue weighted by molar-refractivity contribution is 5.86. The number of fused-ring (bicyclic) bond motifs is 1. The molecule has 0 bridgehead atoms. The van der Waals surface area contributed by atoms with Crippen molar-refractivity contribution in [2.24, 2.45) is 5.84 Å². The van der Waals surface area contributed by atoms with Crippen LogP contribution in [0, 0.1) is 5.82 Å². The van der Waals surface area contributed by atoms with E-state index in [1.54, 1.807) is 24.4 Å². The van der Waals surface area contributed by atoms with E-state index in [0.29, 0.717) is 22.8 Å². The third-order valence-corrected chi connectivity index (χ3v) is 3.43. The highest BCUT2D eigenvalue weighted by atomic mass is 35.5. The molecule has 0 fully saturated rings. The first-order valence-corrected chi connectivity index (χ1v) is 6.94. The zero-order valence-electron chi connectivity index (χ0n) is 12.5. The molecule has 1 aromatic carbocycles. The molecule has 3 aromatic heterocycles. The van der Waals surface area contributed by atoms with E-state index in [4.69, 9.17) is 5.84 Å². The molecule has 10 heteroatoms. The van der Waals surface area contributed by atoms with E-state index in [1.807, 2.05) is 6.07 Å². The topological polar surface area (TPSA) is 116 Å². The molecule has 0 aliphatic rings. The van der Waals surface area contributed by atoms with Crippen LogP contribution >= 0.6 is 12.4 Å². The minimum absolute atomic E-state index is 0. The fourth-order valence-corrected chi connectivity index (χ4v) is 2.36. The van der Waals surface area contributed by atoms with E-state index in [9.17, 15) is 4.39 Å². The number of benzene rings is 1. The van der Waals surface area contributed by atoms with E-state index in [-0.39, 0.29) is 29.5 Å². The Morgan fingerprint density at radius 1 is 0.960 bits per heavy atom. The molecule has 126 valence electrons. The smallest absolute Gasteiger partial charge is 0.245 e. The molecule has 0 unspecified atom stereocenters. The maximum Gasteiger partial charge on any atom is 0.245 e. The first-order chi connectivity index (χ1) is 11.8. The first-order valence-electron chi connectivity index (χ1n) is 6.94. The average molecular weight is 360 g/mol. The molecule has 0 saturated carbocycles. The number of rotatable bonds is 3. The number of anilines is 1. The lowest BCUT2D eigenvalue weighted by Crippen LogP contribution is -2.11. The summed E-state index contributed by atoms with van der Waals surface area (Å²) in [5.74, 6) is 5.53. The fourth-order valence-electron chi connectivity index (χ4n) is 2.36. The lowest BCUT2D eigenvalue weighted by Gasteiger charge is -2.11. The van der Waals surface area contributed by atoms with E-state index < -0.39 is 0 Å². The Morgan fingerprint density at radius 2 is 1.68 bits per heavy atom. The molecule has 0 aliphatic carbocycles. The van der Waals surface area contributed by atoms with Gasteiger partial charge in [-0.2, -0.15) is 0 Å². The van der Waals surface area contributed by atoms with E-state index in [1.165, 1.54) is 12.1 Å². The van der Waals surface area contributed by atoms with Crippen LogP contribution in [-0.2, 0) is 0 Å². The van der Waals surface area contributed by atoms with Crippen LogP contribution in [0.5, 0.6) is 0 Å². The van der Waals surface area contributed by atoms with E-state index in [0.717, 1.165) is 5.56 Å². The molecule has 0 atom stereocenters. The Kier molecular flexibility index (Phi) is 4.50. The second-order valence-corrected chi connectivity index (χ2v) is 4.88. The molecule has 0 spiro atoms. The number of pyridine rings is 1. The number of aromatic nitrogens is 5. The SMILES string of the molecule is Cl.NNc1nc2nonc2nc1-c1cccnc1-c1ccc(F)cc1. The van der Waals surface area contributed by atoms with Crippen LogP contribution in [-0.4, -0.2) is 25.3 Å². The Balaban J connectivity index is 0.00000182. The number of nitrogens with one attached hydrogen (secondary N) is 1. The molecule has 8 nitrogen and oxygen atoms in total. The van der Waals surface area contributed by atoms with Crippen LogP contribution in [0.25, 0.3) is 33.8 Å². The number of hydrogen-bond donors (Lipinski definition) is 2.